The van der Waals surface area contributed by atoms with E-state index in [0.717, 1.165) is 23.3 Å². The highest BCUT2D eigenvalue weighted by Crippen LogP contribution is 2.40. The number of azo groups is 1. The van der Waals surface area contributed by atoms with E-state index in [-0.39, 0.29) is 40.6 Å². The molecular formula is C20H25F3N6O5S2. The summed E-state index contributed by atoms with van der Waals surface area (Å²) in [6, 6.07) is 2.84. The molecule has 1 aromatic heterocycles. The van der Waals surface area contributed by atoms with Crippen LogP contribution >= 0.6 is 11.3 Å². The summed E-state index contributed by atoms with van der Waals surface area (Å²) < 4.78 is 74.3. The van der Waals surface area contributed by atoms with Gasteiger partial charge in [0.2, 0.25) is 5.01 Å². The Hall–Kier alpha value is -2.85. The molecule has 198 valence electrons. The highest BCUT2D eigenvalue weighted by atomic mass is 32.2. The highest BCUT2D eigenvalue weighted by molar-refractivity contribution is 7.93. The fraction of sp³-hybridized carbons (Fsp3) is 0.550. The van der Waals surface area contributed by atoms with Gasteiger partial charge in [-0.2, -0.15) is 21.6 Å². The number of hydrogen-bond acceptors (Lipinski definition) is 11. The summed E-state index contributed by atoms with van der Waals surface area (Å²) in [6.45, 7) is 5.55. The molecule has 11 nitrogen and oxygen atoms in total. The number of hydrogen-bond donors (Lipinski definition) is 1. The topological polar surface area (TPSA) is 135 Å². The maximum atomic E-state index is 13.1. The number of benzene rings is 1. The number of nitrogens with zero attached hydrogens (tertiary/aromatic N) is 5. The molecular weight excluding hydrogens is 525 g/mol. The van der Waals surface area contributed by atoms with Crippen LogP contribution in [0.5, 0.6) is 0 Å². The number of ether oxygens (including phenoxy) is 2. The molecule has 0 amide bonds. The minimum Gasteiger partial charge on any atom is -0.458 e. The number of carbonyl (C=O) groups excluding carboxylic acids is 1. The molecule has 1 N–H and O–H groups in total. The lowest BCUT2D eigenvalue weighted by Gasteiger charge is -2.33. The molecule has 36 heavy (non-hydrogen) atoms. The van der Waals surface area contributed by atoms with Crippen molar-refractivity contribution < 1.29 is 35.9 Å². The summed E-state index contributed by atoms with van der Waals surface area (Å²) >= 11 is 0.753. The lowest BCUT2D eigenvalue weighted by molar-refractivity contribution is -0.0429. The van der Waals surface area contributed by atoms with Crippen LogP contribution in [0, 0.1) is 5.92 Å². The molecule has 0 spiro atoms. The first-order chi connectivity index (χ1) is 16.9. The molecule has 0 bridgehead atoms. The van der Waals surface area contributed by atoms with E-state index in [0.29, 0.717) is 25.2 Å². The number of rotatable bonds is 10. The van der Waals surface area contributed by atoms with Gasteiger partial charge in [-0.3, -0.25) is 4.72 Å². The number of aromatic nitrogens is 2. The standard InChI is InChI=1S/C20H25F3N6O5S2/c1-12(2)11-29-6-4-5-13-9-14(15(10-16(13)29)28-36(31,32)20(21,22)23)24-26-19-27-25-17(35-19)18(30)34-8-7-33-3/h9-10,12,28H,4-8,11H2,1-3H3. The van der Waals surface area contributed by atoms with Crippen LogP contribution in [0.25, 0.3) is 0 Å². The molecule has 0 atom stereocenters. The summed E-state index contributed by atoms with van der Waals surface area (Å²) in [6.07, 6.45) is 1.45. The van der Waals surface area contributed by atoms with Crippen molar-refractivity contribution in [3.05, 3.63) is 22.7 Å². The van der Waals surface area contributed by atoms with E-state index in [9.17, 15) is 26.4 Å². The van der Waals surface area contributed by atoms with Crippen LogP contribution in [0.4, 0.5) is 35.4 Å². The van der Waals surface area contributed by atoms with Crippen molar-refractivity contribution in [2.75, 3.05) is 43.0 Å². The van der Waals surface area contributed by atoms with Gasteiger partial charge in [0.15, 0.2) is 0 Å². The van der Waals surface area contributed by atoms with Gasteiger partial charge in [0.1, 0.15) is 12.3 Å². The van der Waals surface area contributed by atoms with Crippen molar-refractivity contribution in [1.29, 1.82) is 0 Å². The van der Waals surface area contributed by atoms with Gasteiger partial charge < -0.3 is 14.4 Å². The first-order valence-corrected chi connectivity index (χ1v) is 13.1. The van der Waals surface area contributed by atoms with E-state index in [4.69, 9.17) is 9.47 Å². The molecule has 1 aliphatic heterocycles. The molecule has 0 saturated heterocycles. The lowest BCUT2D eigenvalue weighted by atomic mass is 9.99. The summed E-state index contributed by atoms with van der Waals surface area (Å²) in [5.74, 6) is -0.470. The maximum absolute atomic E-state index is 13.1. The van der Waals surface area contributed by atoms with Gasteiger partial charge in [-0.1, -0.05) is 25.2 Å². The number of methoxy groups -OCH3 is 1. The number of halogens is 3. The van der Waals surface area contributed by atoms with E-state index < -0.39 is 21.5 Å². The third kappa shape index (κ3) is 6.88. The van der Waals surface area contributed by atoms with Gasteiger partial charge in [-0.25, -0.2) is 4.79 Å². The van der Waals surface area contributed by atoms with Crippen LogP contribution in [0.15, 0.2) is 22.4 Å². The predicted octanol–water partition coefficient (Wildman–Crippen LogP) is 4.43. The zero-order chi connectivity index (χ0) is 26.5. The molecule has 16 heteroatoms. The SMILES string of the molecule is COCCOC(=O)c1nnc(N=Nc2cc3c(cc2NS(=O)(=O)C(F)(F)F)N(CC(C)C)CCC3)s1. The van der Waals surface area contributed by atoms with Crippen molar-refractivity contribution in [1.82, 2.24) is 10.2 Å². The Morgan fingerprint density at radius 1 is 1.25 bits per heavy atom. The molecule has 0 unspecified atom stereocenters. The molecule has 0 fully saturated rings. The number of fused-ring (bicyclic) bond motifs is 1. The minimum absolute atomic E-state index is 0.0113. The van der Waals surface area contributed by atoms with Crippen LogP contribution < -0.4 is 9.62 Å². The quantitative estimate of drug-likeness (QED) is 0.261. The summed E-state index contributed by atoms with van der Waals surface area (Å²) in [5.41, 5.74) is -4.61. The zero-order valence-electron chi connectivity index (χ0n) is 19.7. The number of sulfonamides is 1. The maximum Gasteiger partial charge on any atom is 0.516 e. The van der Waals surface area contributed by atoms with Gasteiger partial charge in [0, 0.05) is 25.9 Å². The number of anilines is 2. The van der Waals surface area contributed by atoms with E-state index in [1.54, 1.807) is 4.72 Å². The Bertz CT molecular complexity index is 1220. The Morgan fingerprint density at radius 2 is 2.00 bits per heavy atom. The van der Waals surface area contributed by atoms with Gasteiger partial charge in [-0.05, 0) is 36.5 Å². The lowest BCUT2D eigenvalue weighted by Crippen LogP contribution is -2.33. The normalized spacial score (nSPS) is 14.4. The number of carbonyl (C=O) groups is 1. The third-order valence-electron chi connectivity index (χ3n) is 4.90. The second kappa shape index (κ2) is 11.5. The first-order valence-electron chi connectivity index (χ1n) is 10.8. The number of esters is 1. The second-order valence-electron chi connectivity index (χ2n) is 8.21. The summed E-state index contributed by atoms with van der Waals surface area (Å²) in [4.78, 5) is 14.0. The monoisotopic (exact) mass is 550 g/mol. The van der Waals surface area contributed by atoms with Crippen LogP contribution in [0.2, 0.25) is 0 Å². The van der Waals surface area contributed by atoms with Crippen molar-refractivity contribution in [3.63, 3.8) is 0 Å². The molecule has 2 aromatic rings. The second-order valence-corrected chi connectivity index (χ2v) is 10.8. The Kier molecular flexibility index (Phi) is 8.84. The van der Waals surface area contributed by atoms with Crippen molar-refractivity contribution >= 4 is 49.5 Å². The Labute approximate surface area is 209 Å². The largest absolute Gasteiger partial charge is 0.516 e. The molecule has 3 rings (SSSR count). The zero-order valence-corrected chi connectivity index (χ0v) is 21.3. The predicted molar refractivity (Wildman–Crippen MR) is 127 cm³/mol. The van der Waals surface area contributed by atoms with Gasteiger partial charge >= 0.3 is 21.5 Å². The number of nitrogens with one attached hydrogen (secondary N) is 1. The highest BCUT2D eigenvalue weighted by Gasteiger charge is 2.46. The summed E-state index contributed by atoms with van der Waals surface area (Å²) in [5, 5.41) is 15.0. The van der Waals surface area contributed by atoms with E-state index >= 15 is 0 Å². The summed E-state index contributed by atoms with van der Waals surface area (Å²) in [7, 11) is -4.26. The Balaban J connectivity index is 1.94. The smallest absolute Gasteiger partial charge is 0.458 e. The molecule has 0 saturated carbocycles. The van der Waals surface area contributed by atoms with Crippen LogP contribution in [0.1, 0.15) is 35.6 Å². The van der Waals surface area contributed by atoms with Crippen molar-refractivity contribution in [3.8, 4) is 0 Å². The number of aryl methyl sites for hydroxylation is 1. The van der Waals surface area contributed by atoms with E-state index in [2.05, 4.69) is 20.4 Å². The van der Waals surface area contributed by atoms with Crippen molar-refractivity contribution in [2.45, 2.75) is 32.2 Å². The molecule has 1 aromatic carbocycles. The Morgan fingerprint density at radius 3 is 2.67 bits per heavy atom. The van der Waals surface area contributed by atoms with Crippen LogP contribution in [-0.2, 0) is 25.9 Å². The molecule has 2 heterocycles. The first kappa shape index (κ1) is 27.7. The average Bonchev–Trinajstić information content (AvgIpc) is 3.26. The fourth-order valence-electron chi connectivity index (χ4n) is 3.41. The average molecular weight is 551 g/mol. The van der Waals surface area contributed by atoms with Crippen LogP contribution in [0.3, 0.4) is 0 Å². The molecule has 0 aliphatic carbocycles. The van der Waals surface area contributed by atoms with E-state index in [1.807, 2.05) is 18.7 Å². The fourth-order valence-corrected chi connectivity index (χ4v) is 4.54. The molecule has 0 radical (unpaired) electrons. The van der Waals surface area contributed by atoms with E-state index in [1.165, 1.54) is 19.2 Å². The van der Waals surface area contributed by atoms with Gasteiger partial charge in [0.25, 0.3) is 5.13 Å². The van der Waals surface area contributed by atoms with Gasteiger partial charge in [0.05, 0.1) is 12.3 Å². The molecule has 1 aliphatic rings. The van der Waals surface area contributed by atoms with Crippen LogP contribution in [-0.4, -0.2) is 63.5 Å². The third-order valence-corrected chi connectivity index (χ3v) is 6.78. The van der Waals surface area contributed by atoms with Gasteiger partial charge in [-0.15, -0.1) is 20.4 Å². The van der Waals surface area contributed by atoms with Crippen molar-refractivity contribution in [2.24, 2.45) is 16.1 Å². The minimum atomic E-state index is -5.71. The number of alkyl halides is 3.